The highest BCUT2D eigenvalue weighted by Gasteiger charge is 2.18. The molecule has 1 aromatic rings. The number of hydrogen-bond donors (Lipinski definition) is 1. The van der Waals surface area contributed by atoms with E-state index in [1.807, 2.05) is 0 Å². The van der Waals surface area contributed by atoms with Gasteiger partial charge in [0.15, 0.2) is 0 Å². The lowest BCUT2D eigenvalue weighted by Crippen LogP contribution is -2.15. The van der Waals surface area contributed by atoms with Crippen LogP contribution in [0.4, 0.5) is 0 Å². The number of hydrogen-bond acceptors (Lipinski definition) is 4. The van der Waals surface area contributed by atoms with Gasteiger partial charge in [0.25, 0.3) is 0 Å². The third kappa shape index (κ3) is 3.20. The smallest absolute Gasteiger partial charge is 0.148 e. The van der Waals surface area contributed by atoms with E-state index in [0.717, 1.165) is 6.26 Å². The fraction of sp³-hybridized carbons (Fsp3) is 0.500. The molecule has 1 N–H and O–H groups in total. The first-order chi connectivity index (χ1) is 6.03. The van der Waals surface area contributed by atoms with Crippen molar-refractivity contribution in [2.75, 3.05) is 18.6 Å². The van der Waals surface area contributed by atoms with Gasteiger partial charge in [0.1, 0.15) is 15.6 Å². The van der Waals surface area contributed by atoms with Crippen LogP contribution in [0.5, 0.6) is 0 Å². The molecule has 0 saturated heterocycles. The molecular formula is C8H12O4S. The fourth-order valence-electron chi connectivity index (χ4n) is 1.11. The summed E-state index contributed by atoms with van der Waals surface area (Å²) in [7, 11) is -3.08. The Hall–Kier alpha value is -0.810. The van der Waals surface area contributed by atoms with Gasteiger partial charge in [-0.2, -0.15) is 0 Å². The molecule has 0 spiro atoms. The van der Waals surface area contributed by atoms with Crippen molar-refractivity contribution < 1.29 is 17.9 Å². The molecule has 0 saturated carbocycles. The second kappa shape index (κ2) is 3.93. The molecule has 0 radical (unpaired) electrons. The molecule has 0 aliphatic carbocycles. The van der Waals surface area contributed by atoms with Crippen molar-refractivity contribution in [1.29, 1.82) is 0 Å². The van der Waals surface area contributed by atoms with Crippen LogP contribution in [0.25, 0.3) is 0 Å². The quantitative estimate of drug-likeness (QED) is 0.770. The lowest BCUT2D eigenvalue weighted by atomic mass is 10.1. The van der Waals surface area contributed by atoms with Crippen molar-refractivity contribution in [3.63, 3.8) is 0 Å². The van der Waals surface area contributed by atoms with Crippen LogP contribution in [0.2, 0.25) is 0 Å². The molecule has 0 amide bonds. The van der Waals surface area contributed by atoms with Gasteiger partial charge >= 0.3 is 0 Å². The second-order valence-electron chi connectivity index (χ2n) is 2.99. The first-order valence-corrected chi connectivity index (χ1v) is 5.91. The largest absolute Gasteiger partial charge is 0.469 e. The summed E-state index contributed by atoms with van der Waals surface area (Å²) in [6.45, 7) is -0.222. The van der Waals surface area contributed by atoms with E-state index in [1.165, 1.54) is 6.26 Å². The average Bonchev–Trinajstić information content (AvgIpc) is 2.50. The number of aliphatic hydroxyl groups is 1. The van der Waals surface area contributed by atoms with E-state index in [9.17, 15) is 8.42 Å². The average molecular weight is 204 g/mol. The van der Waals surface area contributed by atoms with Gasteiger partial charge in [-0.15, -0.1) is 0 Å². The van der Waals surface area contributed by atoms with Crippen LogP contribution >= 0.6 is 0 Å². The minimum absolute atomic E-state index is 0.0863. The Morgan fingerprint density at radius 2 is 2.31 bits per heavy atom. The summed E-state index contributed by atoms with van der Waals surface area (Å²) < 4.78 is 26.9. The molecule has 1 rings (SSSR count). The van der Waals surface area contributed by atoms with E-state index in [4.69, 9.17) is 9.52 Å². The molecule has 1 heterocycles. The lowest BCUT2D eigenvalue weighted by molar-refractivity contribution is 0.258. The highest BCUT2D eigenvalue weighted by atomic mass is 32.2. The number of sulfone groups is 1. The standard InChI is InChI=1S/C8H12O4S/c1-13(10,11)6-7(5-9)8-3-2-4-12-8/h2-4,7,9H,5-6H2,1H3. The fourth-order valence-corrected chi connectivity index (χ4v) is 2.11. The molecule has 0 fully saturated rings. The van der Waals surface area contributed by atoms with Crippen molar-refractivity contribution in [2.45, 2.75) is 5.92 Å². The first kappa shape index (κ1) is 10.3. The number of rotatable bonds is 4. The van der Waals surface area contributed by atoms with Crippen molar-refractivity contribution in [1.82, 2.24) is 0 Å². The van der Waals surface area contributed by atoms with E-state index in [0.29, 0.717) is 5.76 Å². The summed E-state index contributed by atoms with van der Waals surface area (Å²) in [5.41, 5.74) is 0. The minimum Gasteiger partial charge on any atom is -0.469 e. The van der Waals surface area contributed by atoms with Crippen LogP contribution in [-0.2, 0) is 9.84 Å². The Kier molecular flexibility index (Phi) is 3.11. The van der Waals surface area contributed by atoms with Gasteiger partial charge in [0, 0.05) is 6.26 Å². The Morgan fingerprint density at radius 3 is 2.69 bits per heavy atom. The summed E-state index contributed by atoms with van der Waals surface area (Å²) in [4.78, 5) is 0. The van der Waals surface area contributed by atoms with Crippen LogP contribution < -0.4 is 0 Å². The zero-order chi connectivity index (χ0) is 9.90. The predicted octanol–water partition coefficient (Wildman–Crippen LogP) is 0.400. The lowest BCUT2D eigenvalue weighted by Gasteiger charge is -2.08. The maximum atomic E-state index is 10.9. The van der Waals surface area contributed by atoms with E-state index < -0.39 is 15.8 Å². The van der Waals surface area contributed by atoms with E-state index in [1.54, 1.807) is 12.1 Å². The third-order valence-electron chi connectivity index (χ3n) is 1.67. The van der Waals surface area contributed by atoms with Crippen LogP contribution in [0.3, 0.4) is 0 Å². The predicted molar refractivity (Wildman–Crippen MR) is 48.2 cm³/mol. The Morgan fingerprint density at radius 1 is 1.62 bits per heavy atom. The normalized spacial score (nSPS) is 14.3. The zero-order valence-electron chi connectivity index (χ0n) is 7.30. The molecular weight excluding hydrogens is 192 g/mol. The molecule has 1 unspecified atom stereocenters. The molecule has 0 aliphatic heterocycles. The van der Waals surface area contributed by atoms with E-state index in [-0.39, 0.29) is 12.4 Å². The van der Waals surface area contributed by atoms with Crippen molar-refractivity contribution in [3.05, 3.63) is 24.2 Å². The number of furan rings is 1. The van der Waals surface area contributed by atoms with Gasteiger partial charge in [0.05, 0.1) is 24.5 Å². The summed E-state index contributed by atoms with van der Waals surface area (Å²) in [6.07, 6.45) is 2.60. The van der Waals surface area contributed by atoms with Crippen LogP contribution in [0.15, 0.2) is 22.8 Å². The molecule has 5 heteroatoms. The highest BCUT2D eigenvalue weighted by Crippen LogP contribution is 2.17. The monoisotopic (exact) mass is 204 g/mol. The number of aliphatic hydroxyl groups excluding tert-OH is 1. The Bertz CT molecular complexity index is 338. The first-order valence-electron chi connectivity index (χ1n) is 3.85. The van der Waals surface area contributed by atoms with E-state index in [2.05, 4.69) is 0 Å². The molecule has 74 valence electrons. The molecule has 0 aromatic carbocycles. The topological polar surface area (TPSA) is 67.5 Å². The van der Waals surface area contributed by atoms with E-state index >= 15 is 0 Å². The minimum atomic E-state index is -3.08. The summed E-state index contributed by atoms with van der Waals surface area (Å²) >= 11 is 0. The second-order valence-corrected chi connectivity index (χ2v) is 5.17. The van der Waals surface area contributed by atoms with Crippen LogP contribution in [0.1, 0.15) is 11.7 Å². The maximum Gasteiger partial charge on any atom is 0.148 e. The summed E-state index contributed by atoms with van der Waals surface area (Å²) in [5, 5.41) is 8.94. The van der Waals surface area contributed by atoms with Gasteiger partial charge in [0.2, 0.25) is 0 Å². The molecule has 0 aliphatic rings. The molecule has 1 aromatic heterocycles. The third-order valence-corrected chi connectivity index (χ3v) is 2.68. The van der Waals surface area contributed by atoms with Gasteiger partial charge in [-0.05, 0) is 12.1 Å². The zero-order valence-corrected chi connectivity index (χ0v) is 8.12. The van der Waals surface area contributed by atoms with Gasteiger partial charge in [-0.25, -0.2) is 8.42 Å². The van der Waals surface area contributed by atoms with Crippen LogP contribution in [-0.4, -0.2) is 32.1 Å². The van der Waals surface area contributed by atoms with Gasteiger partial charge in [-0.1, -0.05) is 0 Å². The van der Waals surface area contributed by atoms with Gasteiger partial charge < -0.3 is 9.52 Å². The van der Waals surface area contributed by atoms with Gasteiger partial charge in [-0.3, -0.25) is 0 Å². The Labute approximate surface area is 77.1 Å². The highest BCUT2D eigenvalue weighted by molar-refractivity contribution is 7.90. The molecule has 4 nitrogen and oxygen atoms in total. The molecule has 13 heavy (non-hydrogen) atoms. The maximum absolute atomic E-state index is 10.9. The summed E-state index contributed by atoms with van der Waals surface area (Å²) in [6, 6.07) is 3.33. The molecule has 1 atom stereocenters. The van der Waals surface area contributed by atoms with Crippen molar-refractivity contribution in [2.24, 2.45) is 0 Å². The van der Waals surface area contributed by atoms with Crippen molar-refractivity contribution in [3.8, 4) is 0 Å². The Balaban J connectivity index is 2.76. The summed E-state index contributed by atoms with van der Waals surface area (Å²) in [5.74, 6) is -0.0327. The SMILES string of the molecule is CS(=O)(=O)CC(CO)c1ccco1. The van der Waals surface area contributed by atoms with Crippen molar-refractivity contribution >= 4 is 9.84 Å². The van der Waals surface area contributed by atoms with Crippen LogP contribution in [0, 0.1) is 0 Å². The molecule has 0 bridgehead atoms.